The smallest absolute Gasteiger partial charge is 0.0755 e. The Labute approximate surface area is 385 Å². The number of rotatable bonds is 5. The summed E-state index contributed by atoms with van der Waals surface area (Å²) in [6.45, 7) is 4.76. The molecule has 0 saturated heterocycles. The van der Waals surface area contributed by atoms with Gasteiger partial charge in [0, 0.05) is 33.0 Å². The van der Waals surface area contributed by atoms with E-state index in [1.54, 1.807) is 0 Å². The number of aromatic nitrogens is 1. The number of para-hydroxylation sites is 4. The Hall–Kier alpha value is -8.20. The van der Waals surface area contributed by atoms with E-state index < -0.39 is 5.41 Å². The van der Waals surface area contributed by atoms with Crippen molar-refractivity contribution in [2.75, 3.05) is 4.90 Å². The van der Waals surface area contributed by atoms with Crippen LogP contribution in [0.2, 0.25) is 0 Å². The van der Waals surface area contributed by atoms with E-state index in [2.05, 4.69) is 254 Å². The summed E-state index contributed by atoms with van der Waals surface area (Å²) in [6, 6.07) is 86.4. The number of hydrogen-bond donors (Lipinski definition) is 0. The van der Waals surface area contributed by atoms with Crippen molar-refractivity contribution >= 4 is 38.9 Å². The minimum absolute atomic E-state index is 0.163. The molecule has 10 aromatic carbocycles. The Bertz CT molecular complexity index is 3810. The highest BCUT2D eigenvalue weighted by atomic mass is 15.1. The van der Waals surface area contributed by atoms with Crippen molar-refractivity contribution in [3.63, 3.8) is 0 Å². The summed E-state index contributed by atoms with van der Waals surface area (Å²) in [5.41, 5.74) is 24.3. The first-order chi connectivity index (χ1) is 32.5. The summed E-state index contributed by atoms with van der Waals surface area (Å²) in [5, 5.41) is 2.56. The monoisotopic (exact) mass is 840 g/mol. The van der Waals surface area contributed by atoms with Crippen LogP contribution in [0.15, 0.2) is 231 Å². The molecule has 14 rings (SSSR count). The summed E-state index contributed by atoms with van der Waals surface area (Å²) in [7, 11) is 0. The van der Waals surface area contributed by atoms with E-state index in [1.165, 1.54) is 111 Å². The molecule has 1 atom stereocenters. The molecule has 1 unspecified atom stereocenters. The molecule has 0 bridgehead atoms. The van der Waals surface area contributed by atoms with E-state index in [9.17, 15) is 0 Å². The van der Waals surface area contributed by atoms with Gasteiger partial charge in [0.1, 0.15) is 0 Å². The highest BCUT2D eigenvalue weighted by Gasteiger charge is 2.51. The molecule has 66 heavy (non-hydrogen) atoms. The third-order valence-corrected chi connectivity index (χ3v) is 15.2. The van der Waals surface area contributed by atoms with Crippen LogP contribution in [0.5, 0.6) is 0 Å². The van der Waals surface area contributed by atoms with Crippen LogP contribution in [0.4, 0.5) is 17.1 Å². The van der Waals surface area contributed by atoms with Gasteiger partial charge in [-0.25, -0.2) is 0 Å². The summed E-state index contributed by atoms with van der Waals surface area (Å²) in [5.74, 6) is 0. The lowest BCUT2D eigenvalue weighted by Gasteiger charge is -2.40. The van der Waals surface area contributed by atoms with Gasteiger partial charge < -0.3 is 9.47 Å². The van der Waals surface area contributed by atoms with Crippen molar-refractivity contribution in [2.45, 2.75) is 24.7 Å². The molecule has 0 radical (unpaired) electrons. The van der Waals surface area contributed by atoms with Crippen LogP contribution in [-0.4, -0.2) is 4.57 Å². The van der Waals surface area contributed by atoms with Gasteiger partial charge in [-0.1, -0.05) is 202 Å². The zero-order valence-electron chi connectivity index (χ0n) is 36.8. The standard InChI is InChI=1S/C64H44N2/c1-63(2)51-28-10-7-26-50(51)61-54(63)31-18-36-60(61)65(57-33-13-8-23-45(57)43-22-16-21-42(39-43)41-19-4-3-5-20-41)44-37-38-47-46-24-6-11-29-52(46)64(56(47)40-44)53-30-12-15-35-59(53)66-58-34-14-9-25-48(58)49-27-17-32-55(64)62(49)66/h3-40H,1-2H3. The van der Waals surface area contributed by atoms with Crippen LogP contribution in [0, 0.1) is 0 Å². The SMILES string of the molecule is CC1(C)c2ccccc2-c2c(N(c3ccc4c(c3)C3(c5ccccc5-4)c4ccccc4-n4c5ccccc5c5cccc3c54)c3ccccc3-c3cccc(-c4ccccc4)c3)cccc21. The zero-order valence-corrected chi connectivity index (χ0v) is 36.8. The van der Waals surface area contributed by atoms with E-state index in [0.29, 0.717) is 0 Å². The lowest BCUT2D eigenvalue weighted by molar-refractivity contribution is 0.660. The Morgan fingerprint density at radius 2 is 0.955 bits per heavy atom. The Kier molecular flexibility index (Phi) is 7.70. The molecule has 310 valence electrons. The second kappa shape index (κ2) is 13.7. The van der Waals surface area contributed by atoms with Crippen molar-refractivity contribution in [3.05, 3.63) is 264 Å². The largest absolute Gasteiger partial charge is 0.309 e. The lowest BCUT2D eigenvalue weighted by Crippen LogP contribution is -2.33. The third kappa shape index (κ3) is 4.85. The van der Waals surface area contributed by atoms with Crippen molar-refractivity contribution in [1.29, 1.82) is 0 Å². The van der Waals surface area contributed by atoms with Crippen LogP contribution in [-0.2, 0) is 10.8 Å². The van der Waals surface area contributed by atoms with Crippen LogP contribution >= 0.6 is 0 Å². The molecular weight excluding hydrogens is 797 g/mol. The van der Waals surface area contributed by atoms with Crippen molar-refractivity contribution in [1.82, 2.24) is 4.57 Å². The molecule has 0 N–H and O–H groups in total. The van der Waals surface area contributed by atoms with Gasteiger partial charge in [0.25, 0.3) is 0 Å². The van der Waals surface area contributed by atoms with E-state index in [0.717, 1.165) is 11.4 Å². The summed E-state index contributed by atoms with van der Waals surface area (Å²) in [6.07, 6.45) is 0. The average Bonchev–Trinajstić information content (AvgIpc) is 3.96. The Morgan fingerprint density at radius 3 is 1.83 bits per heavy atom. The normalized spacial score (nSPS) is 15.6. The summed E-state index contributed by atoms with van der Waals surface area (Å²) in [4.78, 5) is 2.57. The van der Waals surface area contributed by atoms with Crippen molar-refractivity contribution in [3.8, 4) is 50.2 Å². The van der Waals surface area contributed by atoms with E-state index >= 15 is 0 Å². The first-order valence-corrected chi connectivity index (χ1v) is 23.2. The highest BCUT2D eigenvalue weighted by Crippen LogP contribution is 2.62. The molecule has 2 aliphatic carbocycles. The number of hydrogen-bond acceptors (Lipinski definition) is 1. The van der Waals surface area contributed by atoms with Crippen LogP contribution < -0.4 is 4.90 Å². The van der Waals surface area contributed by atoms with E-state index in [4.69, 9.17) is 0 Å². The highest BCUT2D eigenvalue weighted by molar-refractivity contribution is 6.13. The van der Waals surface area contributed by atoms with Gasteiger partial charge in [-0.05, 0) is 109 Å². The van der Waals surface area contributed by atoms with Gasteiger partial charge in [-0.2, -0.15) is 0 Å². The molecule has 0 amide bonds. The van der Waals surface area contributed by atoms with E-state index in [-0.39, 0.29) is 5.41 Å². The second-order valence-electron chi connectivity index (χ2n) is 18.8. The Balaban J connectivity index is 1.08. The maximum absolute atomic E-state index is 2.57. The minimum atomic E-state index is -0.579. The van der Waals surface area contributed by atoms with Crippen molar-refractivity contribution in [2.24, 2.45) is 0 Å². The number of fused-ring (bicyclic) bond motifs is 15. The quantitative estimate of drug-likeness (QED) is 0.168. The molecule has 1 spiro atoms. The predicted octanol–water partition coefficient (Wildman–Crippen LogP) is 16.6. The van der Waals surface area contributed by atoms with Gasteiger partial charge in [0.15, 0.2) is 0 Å². The molecular formula is C64H44N2. The number of benzene rings is 10. The number of nitrogens with zero attached hydrogens (tertiary/aromatic N) is 2. The Morgan fingerprint density at radius 1 is 0.364 bits per heavy atom. The fraction of sp³-hybridized carbons (Fsp3) is 0.0625. The molecule has 2 heterocycles. The predicted molar refractivity (Wildman–Crippen MR) is 275 cm³/mol. The van der Waals surface area contributed by atoms with Crippen LogP contribution in [0.3, 0.4) is 0 Å². The van der Waals surface area contributed by atoms with Gasteiger partial charge in [-0.15, -0.1) is 0 Å². The second-order valence-corrected chi connectivity index (χ2v) is 18.8. The minimum Gasteiger partial charge on any atom is -0.309 e. The van der Waals surface area contributed by atoms with Gasteiger partial charge in [-0.3, -0.25) is 0 Å². The third-order valence-electron chi connectivity index (χ3n) is 15.2. The van der Waals surface area contributed by atoms with Gasteiger partial charge in [0.2, 0.25) is 0 Å². The van der Waals surface area contributed by atoms with Gasteiger partial charge >= 0.3 is 0 Å². The molecule has 1 aliphatic heterocycles. The molecule has 2 nitrogen and oxygen atoms in total. The average molecular weight is 841 g/mol. The summed E-state index contributed by atoms with van der Waals surface area (Å²) < 4.78 is 2.53. The molecule has 3 aliphatic rings. The maximum atomic E-state index is 2.57. The molecule has 2 heteroatoms. The van der Waals surface area contributed by atoms with Crippen LogP contribution in [0.1, 0.15) is 47.2 Å². The molecule has 11 aromatic rings. The first-order valence-electron chi connectivity index (χ1n) is 23.2. The summed E-state index contributed by atoms with van der Waals surface area (Å²) >= 11 is 0. The molecule has 0 saturated carbocycles. The van der Waals surface area contributed by atoms with E-state index in [1.807, 2.05) is 0 Å². The fourth-order valence-electron chi connectivity index (χ4n) is 12.4. The molecule has 1 aromatic heterocycles. The molecule has 0 fully saturated rings. The van der Waals surface area contributed by atoms with Gasteiger partial charge in [0.05, 0.1) is 33.5 Å². The number of anilines is 3. The maximum Gasteiger partial charge on any atom is 0.0755 e. The topological polar surface area (TPSA) is 8.17 Å². The fourth-order valence-corrected chi connectivity index (χ4v) is 12.4. The zero-order chi connectivity index (χ0) is 43.7. The van der Waals surface area contributed by atoms with Crippen molar-refractivity contribution < 1.29 is 0 Å². The lowest BCUT2D eigenvalue weighted by atomic mass is 9.65. The van der Waals surface area contributed by atoms with Crippen LogP contribution in [0.25, 0.3) is 72.0 Å². The first kappa shape index (κ1) is 37.2.